The Bertz CT molecular complexity index is 255. The van der Waals surface area contributed by atoms with Crippen molar-refractivity contribution in [2.24, 2.45) is 11.8 Å². The molecule has 1 aliphatic carbocycles. The molecule has 1 aliphatic heterocycles. The third-order valence-corrected chi connectivity index (χ3v) is 4.60. The van der Waals surface area contributed by atoms with Gasteiger partial charge < -0.3 is 10.2 Å². The van der Waals surface area contributed by atoms with Crippen LogP contribution in [0.3, 0.4) is 0 Å². The minimum Gasteiger partial charge on any atom is -0.345 e. The van der Waals surface area contributed by atoms with Crippen LogP contribution in [0.2, 0.25) is 0 Å². The van der Waals surface area contributed by atoms with Gasteiger partial charge in [-0.2, -0.15) is 0 Å². The van der Waals surface area contributed by atoms with Crippen molar-refractivity contribution in [2.75, 3.05) is 26.7 Å². The van der Waals surface area contributed by atoms with Crippen molar-refractivity contribution in [2.45, 2.75) is 51.4 Å². The van der Waals surface area contributed by atoms with Crippen molar-refractivity contribution in [3.8, 4) is 0 Å². The molecule has 2 fully saturated rings. The third kappa shape index (κ3) is 4.27. The number of hydrogen-bond acceptors (Lipinski definition) is 2. The van der Waals surface area contributed by atoms with Gasteiger partial charge in [0.1, 0.15) is 0 Å². The third-order valence-electron chi connectivity index (χ3n) is 4.60. The van der Waals surface area contributed by atoms with Crippen molar-refractivity contribution in [1.82, 2.24) is 10.2 Å². The van der Waals surface area contributed by atoms with Gasteiger partial charge in [-0.3, -0.25) is 4.79 Å². The van der Waals surface area contributed by atoms with Crippen LogP contribution in [-0.2, 0) is 4.79 Å². The molecule has 2 rings (SSSR count). The molecule has 1 heterocycles. The van der Waals surface area contributed by atoms with E-state index in [0.29, 0.717) is 11.8 Å². The molecule has 2 aliphatic rings. The summed E-state index contributed by atoms with van der Waals surface area (Å²) in [6, 6.07) is 0. The summed E-state index contributed by atoms with van der Waals surface area (Å²) in [5, 5.41) is 3.36. The molecule has 1 atom stereocenters. The van der Waals surface area contributed by atoms with Crippen LogP contribution < -0.4 is 5.32 Å². The quantitative estimate of drug-likeness (QED) is 0.787. The SMILES string of the molecule is CN(CC1CCNC1)C(=O)CCCC1CCCC1. The van der Waals surface area contributed by atoms with Gasteiger partial charge in [-0.15, -0.1) is 0 Å². The predicted molar refractivity (Wildman–Crippen MR) is 74.4 cm³/mol. The Kier molecular flexibility index (Phi) is 5.48. The van der Waals surface area contributed by atoms with Crippen molar-refractivity contribution >= 4 is 5.91 Å². The zero-order chi connectivity index (χ0) is 12.8. The highest BCUT2D eigenvalue weighted by Crippen LogP contribution is 2.29. The van der Waals surface area contributed by atoms with Crippen LogP contribution in [0.1, 0.15) is 51.4 Å². The van der Waals surface area contributed by atoms with E-state index in [2.05, 4.69) is 5.32 Å². The highest BCUT2D eigenvalue weighted by Gasteiger charge is 2.19. The molecule has 18 heavy (non-hydrogen) atoms. The van der Waals surface area contributed by atoms with Gasteiger partial charge in [0.2, 0.25) is 5.91 Å². The fraction of sp³-hybridized carbons (Fsp3) is 0.933. The number of carbonyl (C=O) groups is 1. The van der Waals surface area contributed by atoms with Crippen LogP contribution in [0.5, 0.6) is 0 Å². The molecule has 1 amide bonds. The average molecular weight is 252 g/mol. The smallest absolute Gasteiger partial charge is 0.222 e. The fourth-order valence-corrected chi connectivity index (χ4v) is 3.39. The number of hydrogen-bond donors (Lipinski definition) is 1. The monoisotopic (exact) mass is 252 g/mol. The van der Waals surface area contributed by atoms with E-state index >= 15 is 0 Å². The predicted octanol–water partition coefficient (Wildman–Crippen LogP) is 2.41. The standard InChI is InChI=1S/C15H28N2O/c1-17(12-14-9-10-16-11-14)15(18)8-4-7-13-5-2-3-6-13/h13-14,16H,2-12H2,1H3. The lowest BCUT2D eigenvalue weighted by Gasteiger charge is -2.21. The zero-order valence-corrected chi connectivity index (χ0v) is 11.8. The Morgan fingerprint density at radius 2 is 2.00 bits per heavy atom. The number of nitrogens with zero attached hydrogens (tertiary/aromatic N) is 1. The molecule has 104 valence electrons. The molecule has 1 saturated carbocycles. The van der Waals surface area contributed by atoms with Crippen molar-refractivity contribution in [3.05, 3.63) is 0 Å². The molecule has 3 nitrogen and oxygen atoms in total. The van der Waals surface area contributed by atoms with E-state index < -0.39 is 0 Å². The summed E-state index contributed by atoms with van der Waals surface area (Å²) in [5.74, 6) is 1.94. The fourth-order valence-electron chi connectivity index (χ4n) is 3.39. The van der Waals surface area contributed by atoms with Crippen LogP contribution >= 0.6 is 0 Å². The molecule has 0 spiro atoms. The highest BCUT2D eigenvalue weighted by atomic mass is 16.2. The lowest BCUT2D eigenvalue weighted by molar-refractivity contribution is -0.130. The molecule has 0 radical (unpaired) electrons. The first-order valence-corrected chi connectivity index (χ1v) is 7.70. The van der Waals surface area contributed by atoms with Crippen LogP contribution in [0.4, 0.5) is 0 Å². The van der Waals surface area contributed by atoms with Crippen molar-refractivity contribution in [3.63, 3.8) is 0 Å². The van der Waals surface area contributed by atoms with E-state index in [9.17, 15) is 4.79 Å². The Morgan fingerprint density at radius 1 is 1.22 bits per heavy atom. The van der Waals surface area contributed by atoms with Gasteiger partial charge in [0.25, 0.3) is 0 Å². The number of rotatable bonds is 6. The second kappa shape index (κ2) is 7.13. The van der Waals surface area contributed by atoms with Crippen LogP contribution in [0.25, 0.3) is 0 Å². The van der Waals surface area contributed by atoms with Gasteiger partial charge in [-0.05, 0) is 44.2 Å². The first-order valence-electron chi connectivity index (χ1n) is 7.70. The van der Waals surface area contributed by atoms with Gasteiger partial charge in [0, 0.05) is 20.0 Å². The molecule has 1 N–H and O–H groups in total. The zero-order valence-electron chi connectivity index (χ0n) is 11.8. The van der Waals surface area contributed by atoms with E-state index in [-0.39, 0.29) is 0 Å². The maximum absolute atomic E-state index is 12.0. The van der Waals surface area contributed by atoms with Gasteiger partial charge in [0.15, 0.2) is 0 Å². The summed E-state index contributed by atoms with van der Waals surface area (Å²) >= 11 is 0. The molecular formula is C15H28N2O. The maximum Gasteiger partial charge on any atom is 0.222 e. The van der Waals surface area contributed by atoms with E-state index in [1.165, 1.54) is 38.5 Å². The summed E-state index contributed by atoms with van der Waals surface area (Å²) < 4.78 is 0. The van der Waals surface area contributed by atoms with Gasteiger partial charge in [0.05, 0.1) is 0 Å². The van der Waals surface area contributed by atoms with E-state index in [4.69, 9.17) is 0 Å². The lowest BCUT2D eigenvalue weighted by Crippen LogP contribution is -2.32. The van der Waals surface area contributed by atoms with Gasteiger partial charge >= 0.3 is 0 Å². The Morgan fingerprint density at radius 3 is 2.67 bits per heavy atom. The van der Waals surface area contributed by atoms with E-state index in [0.717, 1.165) is 38.4 Å². The maximum atomic E-state index is 12.0. The molecule has 3 heteroatoms. The molecule has 0 bridgehead atoms. The minimum absolute atomic E-state index is 0.347. The largest absolute Gasteiger partial charge is 0.345 e. The van der Waals surface area contributed by atoms with Gasteiger partial charge in [-0.1, -0.05) is 25.7 Å². The molecule has 0 aromatic carbocycles. The summed E-state index contributed by atoms with van der Waals surface area (Å²) in [7, 11) is 1.97. The first kappa shape index (κ1) is 13.9. The topological polar surface area (TPSA) is 32.3 Å². The molecule has 0 aromatic rings. The summed E-state index contributed by atoms with van der Waals surface area (Å²) in [6.45, 7) is 3.14. The second-order valence-electron chi connectivity index (χ2n) is 6.18. The summed E-state index contributed by atoms with van der Waals surface area (Å²) in [4.78, 5) is 14.0. The highest BCUT2D eigenvalue weighted by molar-refractivity contribution is 5.75. The number of amides is 1. The molecule has 0 aromatic heterocycles. The van der Waals surface area contributed by atoms with Gasteiger partial charge in [-0.25, -0.2) is 0 Å². The number of carbonyl (C=O) groups excluding carboxylic acids is 1. The van der Waals surface area contributed by atoms with Crippen molar-refractivity contribution in [1.29, 1.82) is 0 Å². The summed E-state index contributed by atoms with van der Waals surface area (Å²) in [5.41, 5.74) is 0. The van der Waals surface area contributed by atoms with E-state index in [1.807, 2.05) is 11.9 Å². The average Bonchev–Trinajstić information content (AvgIpc) is 3.01. The second-order valence-corrected chi connectivity index (χ2v) is 6.18. The molecular weight excluding hydrogens is 224 g/mol. The summed E-state index contributed by atoms with van der Waals surface area (Å²) in [6.07, 6.45) is 9.96. The normalized spacial score (nSPS) is 24.6. The van der Waals surface area contributed by atoms with Crippen molar-refractivity contribution < 1.29 is 4.79 Å². The van der Waals surface area contributed by atoms with Crippen LogP contribution in [0.15, 0.2) is 0 Å². The Balaban J connectivity index is 1.57. The Labute approximate surface area is 111 Å². The van der Waals surface area contributed by atoms with Crippen LogP contribution in [-0.4, -0.2) is 37.5 Å². The Hall–Kier alpha value is -0.570. The van der Waals surface area contributed by atoms with E-state index in [1.54, 1.807) is 0 Å². The molecule has 1 saturated heterocycles. The number of nitrogens with one attached hydrogen (secondary N) is 1. The lowest BCUT2D eigenvalue weighted by atomic mass is 10.0. The minimum atomic E-state index is 0.347. The first-order chi connectivity index (χ1) is 8.75. The molecule has 1 unspecified atom stereocenters. The van der Waals surface area contributed by atoms with Crippen LogP contribution in [0, 0.1) is 11.8 Å².